The molecule has 2 nitrogen and oxygen atoms in total. The third kappa shape index (κ3) is 4.19. The first-order chi connectivity index (χ1) is 9.15. The summed E-state index contributed by atoms with van der Waals surface area (Å²) in [6.45, 7) is 10.9. The summed E-state index contributed by atoms with van der Waals surface area (Å²) in [5.41, 5.74) is 0.472. The number of nitrogens with zero attached hydrogens (tertiary/aromatic N) is 1. The molecule has 1 heterocycles. The molecule has 1 spiro atoms. The Kier molecular flexibility index (Phi) is 5.70. The fourth-order valence-corrected chi connectivity index (χ4v) is 4.00. The molecule has 1 saturated heterocycles. The van der Waals surface area contributed by atoms with Gasteiger partial charge in [0.1, 0.15) is 0 Å². The highest BCUT2D eigenvalue weighted by Gasteiger charge is 2.39. The molecule has 0 radical (unpaired) electrons. The van der Waals surface area contributed by atoms with Crippen molar-refractivity contribution in [2.45, 2.75) is 83.7 Å². The average molecular weight is 266 g/mol. The Hall–Kier alpha value is -0.0800. The highest BCUT2D eigenvalue weighted by Crippen LogP contribution is 2.32. The van der Waals surface area contributed by atoms with Crippen LogP contribution >= 0.6 is 0 Å². The minimum absolute atomic E-state index is 0.472. The summed E-state index contributed by atoms with van der Waals surface area (Å²) in [6, 6.07) is 0.777. The van der Waals surface area contributed by atoms with Crippen molar-refractivity contribution in [3.8, 4) is 0 Å². The predicted molar refractivity (Wildman–Crippen MR) is 83.5 cm³/mol. The van der Waals surface area contributed by atoms with Gasteiger partial charge in [0.15, 0.2) is 0 Å². The zero-order valence-corrected chi connectivity index (χ0v) is 13.4. The van der Waals surface area contributed by atoms with Crippen LogP contribution in [0.3, 0.4) is 0 Å². The van der Waals surface area contributed by atoms with E-state index < -0.39 is 0 Å². The van der Waals surface area contributed by atoms with Crippen LogP contribution in [0.5, 0.6) is 0 Å². The number of rotatable bonds is 5. The molecule has 2 rings (SSSR count). The average Bonchev–Trinajstić information content (AvgIpc) is 2.40. The van der Waals surface area contributed by atoms with Crippen LogP contribution in [0.25, 0.3) is 0 Å². The molecule has 2 aliphatic rings. The molecule has 19 heavy (non-hydrogen) atoms. The minimum Gasteiger partial charge on any atom is -0.308 e. The molecule has 2 fully saturated rings. The second-order valence-corrected chi connectivity index (χ2v) is 7.33. The van der Waals surface area contributed by atoms with Gasteiger partial charge in [-0.1, -0.05) is 46.5 Å². The van der Waals surface area contributed by atoms with Gasteiger partial charge in [0, 0.05) is 24.7 Å². The zero-order chi connectivity index (χ0) is 13.7. The van der Waals surface area contributed by atoms with Crippen molar-refractivity contribution < 1.29 is 0 Å². The standard InChI is InChI=1S/C17H34N2/c1-4-5-11-19-14-17(9-7-6-8-10-17)18-13-16(19)12-15(2)3/h15-16,18H,4-14H2,1-3H3. The van der Waals surface area contributed by atoms with Crippen molar-refractivity contribution in [3.63, 3.8) is 0 Å². The van der Waals surface area contributed by atoms with E-state index in [0.717, 1.165) is 12.0 Å². The summed E-state index contributed by atoms with van der Waals surface area (Å²) in [6.07, 6.45) is 11.2. The third-order valence-corrected chi connectivity index (χ3v) is 5.09. The molecule has 1 aliphatic heterocycles. The number of hydrogen-bond acceptors (Lipinski definition) is 2. The van der Waals surface area contributed by atoms with E-state index in [1.807, 2.05) is 0 Å². The first-order valence-electron chi connectivity index (χ1n) is 8.64. The second kappa shape index (κ2) is 7.08. The molecule has 0 aromatic carbocycles. The summed E-state index contributed by atoms with van der Waals surface area (Å²) < 4.78 is 0. The van der Waals surface area contributed by atoms with Crippen LogP contribution in [0, 0.1) is 5.92 Å². The van der Waals surface area contributed by atoms with Gasteiger partial charge in [0.25, 0.3) is 0 Å². The number of piperazine rings is 1. The van der Waals surface area contributed by atoms with Crippen LogP contribution < -0.4 is 5.32 Å². The molecule has 0 aromatic heterocycles. The monoisotopic (exact) mass is 266 g/mol. The van der Waals surface area contributed by atoms with Crippen LogP contribution in [0.2, 0.25) is 0 Å². The largest absolute Gasteiger partial charge is 0.308 e. The van der Waals surface area contributed by atoms with Gasteiger partial charge in [-0.2, -0.15) is 0 Å². The maximum atomic E-state index is 3.95. The molecule has 1 saturated carbocycles. The normalized spacial score (nSPS) is 28.1. The Labute approximate surface area is 120 Å². The molecule has 0 amide bonds. The fourth-order valence-electron chi connectivity index (χ4n) is 4.00. The maximum absolute atomic E-state index is 3.95. The van der Waals surface area contributed by atoms with E-state index in [0.29, 0.717) is 5.54 Å². The van der Waals surface area contributed by atoms with Crippen molar-refractivity contribution in [2.24, 2.45) is 5.92 Å². The fraction of sp³-hybridized carbons (Fsp3) is 1.00. The van der Waals surface area contributed by atoms with Gasteiger partial charge < -0.3 is 5.32 Å². The Morgan fingerprint density at radius 3 is 2.58 bits per heavy atom. The predicted octanol–water partition coefficient (Wildman–Crippen LogP) is 3.81. The summed E-state index contributed by atoms with van der Waals surface area (Å²) >= 11 is 0. The summed E-state index contributed by atoms with van der Waals surface area (Å²) in [7, 11) is 0. The molecule has 2 heteroatoms. The first kappa shape index (κ1) is 15.3. The van der Waals surface area contributed by atoms with Crippen molar-refractivity contribution >= 4 is 0 Å². The van der Waals surface area contributed by atoms with E-state index in [9.17, 15) is 0 Å². The SMILES string of the molecule is CCCCN1CC2(CCCCC2)NCC1CC(C)C. The van der Waals surface area contributed by atoms with E-state index in [-0.39, 0.29) is 0 Å². The van der Waals surface area contributed by atoms with Gasteiger partial charge in [-0.25, -0.2) is 0 Å². The minimum atomic E-state index is 0.472. The van der Waals surface area contributed by atoms with E-state index in [4.69, 9.17) is 0 Å². The van der Waals surface area contributed by atoms with E-state index in [1.54, 1.807) is 0 Å². The molecule has 1 N–H and O–H groups in total. The Morgan fingerprint density at radius 2 is 1.95 bits per heavy atom. The van der Waals surface area contributed by atoms with Gasteiger partial charge in [-0.15, -0.1) is 0 Å². The van der Waals surface area contributed by atoms with Crippen molar-refractivity contribution in [3.05, 3.63) is 0 Å². The molecule has 1 aliphatic carbocycles. The molecule has 112 valence electrons. The summed E-state index contributed by atoms with van der Waals surface area (Å²) in [5, 5.41) is 3.95. The lowest BCUT2D eigenvalue weighted by Gasteiger charge is -2.50. The maximum Gasteiger partial charge on any atom is 0.0309 e. The van der Waals surface area contributed by atoms with E-state index in [1.165, 1.54) is 71.0 Å². The highest BCUT2D eigenvalue weighted by molar-refractivity contribution is 4.99. The molecule has 1 atom stereocenters. The number of hydrogen-bond donors (Lipinski definition) is 1. The van der Waals surface area contributed by atoms with Crippen LogP contribution in [0.4, 0.5) is 0 Å². The van der Waals surface area contributed by atoms with Gasteiger partial charge in [0.05, 0.1) is 0 Å². The first-order valence-corrected chi connectivity index (χ1v) is 8.64. The summed E-state index contributed by atoms with van der Waals surface area (Å²) in [4.78, 5) is 2.82. The topological polar surface area (TPSA) is 15.3 Å². The Morgan fingerprint density at radius 1 is 1.21 bits per heavy atom. The number of nitrogens with one attached hydrogen (secondary N) is 1. The van der Waals surface area contributed by atoms with Gasteiger partial charge in [-0.05, 0) is 38.1 Å². The van der Waals surface area contributed by atoms with Crippen LogP contribution in [-0.4, -0.2) is 36.1 Å². The van der Waals surface area contributed by atoms with Crippen molar-refractivity contribution in [1.82, 2.24) is 10.2 Å². The van der Waals surface area contributed by atoms with Crippen LogP contribution in [0.15, 0.2) is 0 Å². The van der Waals surface area contributed by atoms with Crippen molar-refractivity contribution in [1.29, 1.82) is 0 Å². The molecular formula is C17H34N2. The quantitative estimate of drug-likeness (QED) is 0.814. The van der Waals surface area contributed by atoms with Gasteiger partial charge in [-0.3, -0.25) is 4.90 Å². The second-order valence-electron chi connectivity index (χ2n) is 7.33. The molecular weight excluding hydrogens is 232 g/mol. The zero-order valence-electron chi connectivity index (χ0n) is 13.4. The Bertz CT molecular complexity index is 256. The molecule has 1 unspecified atom stereocenters. The highest BCUT2D eigenvalue weighted by atomic mass is 15.3. The summed E-state index contributed by atoms with van der Waals surface area (Å²) in [5.74, 6) is 0.816. The van der Waals surface area contributed by atoms with Gasteiger partial charge >= 0.3 is 0 Å². The van der Waals surface area contributed by atoms with Crippen molar-refractivity contribution in [2.75, 3.05) is 19.6 Å². The smallest absolute Gasteiger partial charge is 0.0309 e. The van der Waals surface area contributed by atoms with Gasteiger partial charge in [0.2, 0.25) is 0 Å². The van der Waals surface area contributed by atoms with E-state index >= 15 is 0 Å². The molecule has 0 aromatic rings. The third-order valence-electron chi connectivity index (χ3n) is 5.09. The molecule has 0 bridgehead atoms. The van der Waals surface area contributed by atoms with Crippen LogP contribution in [0.1, 0.15) is 72.1 Å². The lowest BCUT2D eigenvalue weighted by Crippen LogP contribution is -2.65. The number of unbranched alkanes of at least 4 members (excludes halogenated alkanes) is 1. The lowest BCUT2D eigenvalue weighted by atomic mass is 9.79. The lowest BCUT2D eigenvalue weighted by molar-refractivity contribution is 0.0461. The van der Waals surface area contributed by atoms with Crippen LogP contribution in [-0.2, 0) is 0 Å². The van der Waals surface area contributed by atoms with E-state index in [2.05, 4.69) is 31.0 Å². The Balaban J connectivity index is 1.96.